The molecule has 0 fully saturated rings. The lowest BCUT2D eigenvalue weighted by atomic mass is 10.2. The van der Waals surface area contributed by atoms with Gasteiger partial charge in [-0.2, -0.15) is 4.31 Å². The number of rotatable bonds is 11. The lowest BCUT2D eigenvalue weighted by molar-refractivity contribution is -0.116. The van der Waals surface area contributed by atoms with Crippen LogP contribution in [0.4, 0.5) is 11.4 Å². The van der Waals surface area contributed by atoms with Crippen LogP contribution in [-0.4, -0.2) is 51.9 Å². The molecule has 0 aliphatic heterocycles. The molecule has 0 heterocycles. The fraction of sp³-hybridized carbons (Fsp3) is 0.588. The van der Waals surface area contributed by atoms with Gasteiger partial charge in [-0.25, -0.2) is 8.42 Å². The van der Waals surface area contributed by atoms with Gasteiger partial charge in [0.05, 0.1) is 16.3 Å². The lowest BCUT2D eigenvalue weighted by Crippen LogP contribution is -2.30. The highest BCUT2D eigenvalue weighted by Gasteiger charge is 2.23. The second-order valence-electron chi connectivity index (χ2n) is 5.58. The topological polar surface area (TPSA) is 90.5 Å². The van der Waals surface area contributed by atoms with Gasteiger partial charge in [0.2, 0.25) is 15.9 Å². The van der Waals surface area contributed by atoms with Gasteiger partial charge in [-0.15, -0.1) is 0 Å². The van der Waals surface area contributed by atoms with Crippen LogP contribution in [0.15, 0.2) is 23.1 Å². The van der Waals surface area contributed by atoms with Gasteiger partial charge in [-0.05, 0) is 45.1 Å². The molecule has 0 radical (unpaired) electrons. The average molecular weight is 371 g/mol. The van der Waals surface area contributed by atoms with E-state index in [4.69, 9.17) is 0 Å². The van der Waals surface area contributed by atoms with Crippen molar-refractivity contribution in [1.82, 2.24) is 9.62 Å². The molecule has 0 unspecified atom stereocenters. The Morgan fingerprint density at radius 2 is 1.80 bits per heavy atom. The van der Waals surface area contributed by atoms with E-state index in [0.29, 0.717) is 37.4 Å². The molecule has 7 nitrogen and oxygen atoms in total. The summed E-state index contributed by atoms with van der Waals surface area (Å²) in [4.78, 5) is 12.3. The Bertz CT molecular complexity index is 658. The highest BCUT2D eigenvalue weighted by molar-refractivity contribution is 7.89. The van der Waals surface area contributed by atoms with Crippen LogP contribution in [0.2, 0.25) is 0 Å². The second-order valence-corrected chi connectivity index (χ2v) is 7.52. The fourth-order valence-electron chi connectivity index (χ4n) is 2.48. The summed E-state index contributed by atoms with van der Waals surface area (Å²) in [5.41, 5.74) is 1.20. The first kappa shape index (κ1) is 21.4. The molecule has 3 N–H and O–H groups in total. The minimum atomic E-state index is -3.57. The van der Waals surface area contributed by atoms with Gasteiger partial charge in [0.15, 0.2) is 0 Å². The zero-order chi connectivity index (χ0) is 18.9. The van der Waals surface area contributed by atoms with E-state index in [1.807, 2.05) is 14.0 Å². The lowest BCUT2D eigenvalue weighted by Gasteiger charge is -2.20. The molecule has 0 aromatic heterocycles. The molecule has 0 aliphatic carbocycles. The molecular weight excluding hydrogens is 340 g/mol. The Balaban J connectivity index is 3.10. The number of nitrogens with zero attached hydrogens (tertiary/aromatic N) is 1. The summed E-state index contributed by atoms with van der Waals surface area (Å²) in [7, 11) is -1.73. The van der Waals surface area contributed by atoms with Crippen molar-refractivity contribution in [1.29, 1.82) is 0 Å². The van der Waals surface area contributed by atoms with Gasteiger partial charge < -0.3 is 16.0 Å². The maximum Gasteiger partial charge on any atom is 0.243 e. The number of benzene rings is 1. The quantitative estimate of drug-likeness (QED) is 0.519. The second kappa shape index (κ2) is 10.4. The molecular formula is C17H30N4O3S. The van der Waals surface area contributed by atoms with Crippen LogP contribution in [0.3, 0.4) is 0 Å². The van der Waals surface area contributed by atoms with E-state index in [1.54, 1.807) is 26.0 Å². The summed E-state index contributed by atoms with van der Waals surface area (Å²) in [6.45, 7) is 7.78. The Labute approximate surface area is 151 Å². The third-order valence-corrected chi connectivity index (χ3v) is 5.85. The molecule has 0 bridgehead atoms. The first-order valence-corrected chi connectivity index (χ1v) is 10.2. The first-order valence-electron chi connectivity index (χ1n) is 8.73. The molecule has 0 aliphatic rings. The molecule has 0 saturated carbocycles. The van der Waals surface area contributed by atoms with Crippen molar-refractivity contribution in [2.24, 2.45) is 0 Å². The molecule has 0 atom stereocenters. The molecule has 0 spiro atoms. The van der Waals surface area contributed by atoms with Crippen molar-refractivity contribution in [3.05, 3.63) is 18.2 Å². The maximum absolute atomic E-state index is 12.7. The third-order valence-electron chi connectivity index (χ3n) is 3.81. The molecule has 8 heteroatoms. The van der Waals surface area contributed by atoms with Gasteiger partial charge in [0, 0.05) is 26.1 Å². The number of anilines is 2. The van der Waals surface area contributed by atoms with Crippen molar-refractivity contribution >= 4 is 27.3 Å². The van der Waals surface area contributed by atoms with Crippen LogP contribution in [0.25, 0.3) is 0 Å². The normalized spacial score (nSPS) is 11.6. The van der Waals surface area contributed by atoms with Crippen molar-refractivity contribution in [2.75, 3.05) is 43.9 Å². The molecule has 1 aromatic rings. The minimum Gasteiger partial charge on any atom is -0.384 e. The van der Waals surface area contributed by atoms with Crippen LogP contribution in [0.5, 0.6) is 0 Å². The Hall–Kier alpha value is -1.64. The molecule has 1 aromatic carbocycles. The zero-order valence-corrected chi connectivity index (χ0v) is 16.4. The maximum atomic E-state index is 12.7. The smallest absolute Gasteiger partial charge is 0.243 e. The van der Waals surface area contributed by atoms with Gasteiger partial charge in [-0.1, -0.05) is 13.8 Å². The number of nitrogens with one attached hydrogen (secondary N) is 3. The van der Waals surface area contributed by atoms with E-state index in [9.17, 15) is 13.2 Å². The minimum absolute atomic E-state index is 0.133. The van der Waals surface area contributed by atoms with Crippen molar-refractivity contribution in [3.8, 4) is 0 Å². The predicted octanol–water partition coefficient (Wildman–Crippen LogP) is 2.09. The Morgan fingerprint density at radius 3 is 2.36 bits per heavy atom. The number of hydrogen-bond donors (Lipinski definition) is 3. The number of carbonyl (C=O) groups is 1. The van der Waals surface area contributed by atoms with Gasteiger partial charge in [-0.3, -0.25) is 4.79 Å². The Morgan fingerprint density at radius 1 is 1.12 bits per heavy atom. The highest BCUT2D eigenvalue weighted by atomic mass is 32.2. The summed E-state index contributed by atoms with van der Waals surface area (Å²) in [6, 6.07) is 4.80. The summed E-state index contributed by atoms with van der Waals surface area (Å²) in [5, 5.41) is 8.97. The summed E-state index contributed by atoms with van der Waals surface area (Å²) in [5.74, 6) is -0.133. The molecule has 1 amide bonds. The monoisotopic (exact) mass is 370 g/mol. The summed E-state index contributed by atoms with van der Waals surface area (Å²) >= 11 is 0. The van der Waals surface area contributed by atoms with E-state index < -0.39 is 10.0 Å². The van der Waals surface area contributed by atoms with E-state index in [1.165, 1.54) is 10.4 Å². The number of hydrogen-bond acceptors (Lipinski definition) is 5. The van der Waals surface area contributed by atoms with Crippen LogP contribution in [0.1, 0.15) is 33.6 Å². The predicted molar refractivity (Wildman–Crippen MR) is 103 cm³/mol. The van der Waals surface area contributed by atoms with Gasteiger partial charge in [0.25, 0.3) is 0 Å². The van der Waals surface area contributed by atoms with Crippen LogP contribution in [0, 0.1) is 0 Å². The molecule has 142 valence electrons. The number of carbonyl (C=O) groups excluding carboxylic acids is 1. The molecule has 25 heavy (non-hydrogen) atoms. The fourth-order valence-corrected chi connectivity index (χ4v) is 3.97. The van der Waals surface area contributed by atoms with E-state index >= 15 is 0 Å². The van der Waals surface area contributed by atoms with Crippen molar-refractivity contribution in [3.63, 3.8) is 0 Å². The molecule has 0 saturated heterocycles. The summed E-state index contributed by atoms with van der Waals surface area (Å²) in [6.07, 6.45) is 1.09. The van der Waals surface area contributed by atoms with Crippen molar-refractivity contribution in [2.45, 2.75) is 38.5 Å². The van der Waals surface area contributed by atoms with Crippen LogP contribution >= 0.6 is 0 Å². The van der Waals surface area contributed by atoms with Gasteiger partial charge in [0.1, 0.15) is 0 Å². The van der Waals surface area contributed by atoms with E-state index in [0.717, 1.165) is 13.0 Å². The van der Waals surface area contributed by atoms with Crippen LogP contribution < -0.4 is 16.0 Å². The third kappa shape index (κ3) is 5.98. The highest BCUT2D eigenvalue weighted by Crippen LogP contribution is 2.27. The SMILES string of the molecule is CCNc1ccc(S(=O)(=O)N(CC)CC)cc1NC(=O)CCCNC. The van der Waals surface area contributed by atoms with E-state index in [2.05, 4.69) is 16.0 Å². The largest absolute Gasteiger partial charge is 0.384 e. The Kier molecular flexibility index (Phi) is 8.88. The first-order chi connectivity index (χ1) is 11.9. The van der Waals surface area contributed by atoms with Gasteiger partial charge >= 0.3 is 0 Å². The van der Waals surface area contributed by atoms with Crippen LogP contribution in [-0.2, 0) is 14.8 Å². The number of amides is 1. The van der Waals surface area contributed by atoms with Crippen molar-refractivity contribution < 1.29 is 13.2 Å². The standard InChI is InChI=1S/C17H30N4O3S/c1-5-19-15-11-10-14(25(23,24)21(6-2)7-3)13-16(15)20-17(22)9-8-12-18-4/h10-11,13,18-19H,5-9,12H2,1-4H3,(H,20,22). The zero-order valence-electron chi connectivity index (χ0n) is 15.6. The average Bonchev–Trinajstić information content (AvgIpc) is 2.57. The summed E-state index contributed by atoms with van der Waals surface area (Å²) < 4.78 is 26.8. The van der Waals surface area contributed by atoms with E-state index in [-0.39, 0.29) is 10.8 Å². The number of sulfonamides is 1. The molecule has 1 rings (SSSR count).